The molecule has 1 aliphatic rings. The molecule has 0 saturated heterocycles. The molecular formula is C49H87O13P. The first-order valence-electron chi connectivity index (χ1n) is 24.4. The van der Waals surface area contributed by atoms with Gasteiger partial charge in [-0.05, 0) is 70.6 Å². The highest BCUT2D eigenvalue weighted by atomic mass is 31.2. The Morgan fingerprint density at radius 3 is 1.38 bits per heavy atom. The molecule has 6 N–H and O–H groups in total. The highest BCUT2D eigenvalue weighted by Gasteiger charge is 2.51. The van der Waals surface area contributed by atoms with Gasteiger partial charge in [-0.2, -0.15) is 0 Å². The van der Waals surface area contributed by atoms with Crippen LogP contribution in [0.15, 0.2) is 48.6 Å². The van der Waals surface area contributed by atoms with Gasteiger partial charge in [0, 0.05) is 12.8 Å². The summed E-state index contributed by atoms with van der Waals surface area (Å²) in [7, 11) is -5.13. The van der Waals surface area contributed by atoms with Crippen molar-refractivity contribution < 1.29 is 63.1 Å². The van der Waals surface area contributed by atoms with Crippen molar-refractivity contribution in [2.75, 3.05) is 13.2 Å². The molecule has 0 bridgehead atoms. The van der Waals surface area contributed by atoms with Crippen LogP contribution in [-0.2, 0) is 32.7 Å². The molecule has 6 unspecified atom stereocenters. The molecule has 8 atom stereocenters. The summed E-state index contributed by atoms with van der Waals surface area (Å²) in [6, 6.07) is 0. The summed E-state index contributed by atoms with van der Waals surface area (Å²) in [5, 5.41) is 50.2. The maximum atomic E-state index is 12.8. The van der Waals surface area contributed by atoms with Gasteiger partial charge in [0.15, 0.2) is 6.10 Å². The minimum atomic E-state index is -5.13. The van der Waals surface area contributed by atoms with Crippen molar-refractivity contribution in [1.29, 1.82) is 0 Å². The topological polar surface area (TPSA) is 210 Å². The quantitative estimate of drug-likeness (QED) is 0.0147. The van der Waals surface area contributed by atoms with Crippen molar-refractivity contribution in [3.8, 4) is 0 Å². The first-order valence-corrected chi connectivity index (χ1v) is 25.9. The summed E-state index contributed by atoms with van der Waals surface area (Å²) in [5.74, 6) is -1.16. The van der Waals surface area contributed by atoms with Gasteiger partial charge >= 0.3 is 19.8 Å². The predicted molar refractivity (Wildman–Crippen MR) is 249 cm³/mol. The first-order chi connectivity index (χ1) is 30.4. The fourth-order valence-corrected chi connectivity index (χ4v) is 8.15. The van der Waals surface area contributed by atoms with Gasteiger partial charge in [0.2, 0.25) is 0 Å². The number of ether oxygens (including phenoxy) is 2. The van der Waals surface area contributed by atoms with Crippen LogP contribution in [0.5, 0.6) is 0 Å². The summed E-state index contributed by atoms with van der Waals surface area (Å²) in [6.07, 6.45) is 33.1. The van der Waals surface area contributed by atoms with Gasteiger partial charge in [0.05, 0.1) is 6.61 Å². The summed E-state index contributed by atoms with van der Waals surface area (Å²) >= 11 is 0. The number of esters is 2. The van der Waals surface area contributed by atoms with Crippen molar-refractivity contribution in [1.82, 2.24) is 0 Å². The molecule has 0 radical (unpaired) electrons. The standard InChI is InChI=1S/C49H87O13P/c1-3-5-7-9-11-13-15-17-19-21-23-25-27-29-31-33-35-37-42(50)59-39-41(40-60-63(57,58)62-49-47(55)45(53)44(52)46(54)48(49)56)61-43(51)38-36-34-32-30-28-26-24-22-20-18-16-14-12-10-8-6-4-2/h14,16-17,19,23,25,29,31,41,44-49,52-56H,3-13,15,18,20-22,24,26-28,30,32-40H2,1-2H3,(H,57,58)/b16-14+,19-17+,25-23+,31-29+/t41-,44?,45-,46?,47?,48?,49?/m0/s1. The Hall–Kier alpha value is -2.19. The molecule has 1 saturated carbocycles. The second kappa shape index (κ2) is 39.0. The number of carbonyl (C=O) groups is 2. The van der Waals surface area contributed by atoms with Gasteiger partial charge in [0.25, 0.3) is 0 Å². The van der Waals surface area contributed by atoms with E-state index in [4.69, 9.17) is 18.5 Å². The third-order valence-corrected chi connectivity index (χ3v) is 12.1. The molecule has 0 aromatic carbocycles. The molecule has 13 nitrogen and oxygen atoms in total. The number of aliphatic hydroxyl groups excluding tert-OH is 5. The third kappa shape index (κ3) is 31.4. The lowest BCUT2D eigenvalue weighted by Gasteiger charge is -2.41. The number of carbonyl (C=O) groups excluding carboxylic acids is 2. The van der Waals surface area contributed by atoms with Gasteiger partial charge in [0.1, 0.15) is 43.2 Å². The molecule has 0 aromatic rings. The molecular weight excluding hydrogens is 828 g/mol. The Morgan fingerprint density at radius 1 is 0.492 bits per heavy atom. The summed E-state index contributed by atoms with van der Waals surface area (Å²) in [4.78, 5) is 35.7. The Morgan fingerprint density at radius 2 is 0.873 bits per heavy atom. The van der Waals surface area contributed by atoms with E-state index in [0.29, 0.717) is 19.3 Å². The summed E-state index contributed by atoms with van der Waals surface area (Å²) in [5.41, 5.74) is 0. The summed E-state index contributed by atoms with van der Waals surface area (Å²) < 4.78 is 33.5. The Balaban J connectivity index is 2.47. The van der Waals surface area contributed by atoms with Gasteiger partial charge < -0.3 is 39.9 Å². The van der Waals surface area contributed by atoms with Crippen LogP contribution in [-0.4, -0.2) is 98.3 Å². The van der Waals surface area contributed by atoms with Crippen LogP contribution in [0.4, 0.5) is 0 Å². The second-order valence-corrected chi connectivity index (χ2v) is 18.4. The Bertz CT molecular complexity index is 1290. The predicted octanol–water partition coefficient (Wildman–Crippen LogP) is 9.95. The number of phosphoric acid groups is 1. The van der Waals surface area contributed by atoms with Gasteiger partial charge in [-0.3, -0.25) is 18.6 Å². The van der Waals surface area contributed by atoms with E-state index in [2.05, 4.69) is 50.3 Å². The zero-order valence-corrected chi connectivity index (χ0v) is 39.8. The minimum absolute atomic E-state index is 0.0832. The van der Waals surface area contributed by atoms with E-state index in [1.165, 1.54) is 96.3 Å². The highest BCUT2D eigenvalue weighted by Crippen LogP contribution is 2.47. The number of phosphoric ester groups is 1. The minimum Gasteiger partial charge on any atom is -0.462 e. The normalized spacial score (nSPS) is 22.1. The van der Waals surface area contributed by atoms with Crippen LogP contribution in [0.2, 0.25) is 0 Å². The van der Waals surface area contributed by atoms with Gasteiger partial charge in [-0.1, -0.05) is 159 Å². The van der Waals surface area contributed by atoms with Crippen LogP contribution in [0.1, 0.15) is 194 Å². The van der Waals surface area contributed by atoms with Crippen LogP contribution < -0.4 is 0 Å². The van der Waals surface area contributed by atoms with Gasteiger partial charge in [-0.25, -0.2) is 4.57 Å². The maximum Gasteiger partial charge on any atom is 0.472 e. The molecule has 0 aromatic heterocycles. The smallest absolute Gasteiger partial charge is 0.462 e. The van der Waals surface area contributed by atoms with Crippen LogP contribution >= 0.6 is 7.82 Å². The Labute approximate surface area is 380 Å². The number of rotatable bonds is 40. The summed E-state index contributed by atoms with van der Waals surface area (Å²) in [6.45, 7) is 3.24. The molecule has 0 amide bonds. The van der Waals surface area contributed by atoms with E-state index in [1.54, 1.807) is 0 Å². The molecule has 0 aliphatic heterocycles. The third-order valence-electron chi connectivity index (χ3n) is 11.1. The molecule has 63 heavy (non-hydrogen) atoms. The number of aliphatic hydroxyl groups is 5. The van der Waals surface area contributed by atoms with Crippen LogP contribution in [0, 0.1) is 0 Å². The van der Waals surface area contributed by atoms with Crippen molar-refractivity contribution in [2.45, 2.75) is 236 Å². The number of unbranched alkanes of at least 4 members (excludes halogenated alkanes) is 20. The molecule has 1 rings (SSSR count). The number of allylic oxidation sites excluding steroid dienone is 8. The molecule has 1 aliphatic carbocycles. The van der Waals surface area contributed by atoms with E-state index in [1.807, 2.05) is 12.2 Å². The van der Waals surface area contributed by atoms with Gasteiger partial charge in [-0.15, -0.1) is 0 Å². The van der Waals surface area contributed by atoms with Crippen molar-refractivity contribution in [2.24, 2.45) is 0 Å². The fraction of sp³-hybridized carbons (Fsp3) is 0.796. The van der Waals surface area contributed by atoms with E-state index in [0.717, 1.165) is 51.4 Å². The number of hydrogen-bond acceptors (Lipinski definition) is 12. The SMILES string of the molecule is CCCCCC/C=C/CCCCCCCCCCCC(=O)O[C@@H](COC(=O)CCC/C=C/C/C=C/C/C=C/CCCCCCCC)COP(=O)(O)OC1C(O)C(O)C(O)[C@H](O)C1O. The Kier molecular flexibility index (Phi) is 36.4. The lowest BCUT2D eigenvalue weighted by molar-refractivity contribution is -0.220. The molecule has 1 fully saturated rings. The zero-order chi connectivity index (χ0) is 46.4. The second-order valence-electron chi connectivity index (χ2n) is 17.0. The van der Waals surface area contributed by atoms with E-state index < -0.39 is 75.7 Å². The average molecular weight is 915 g/mol. The largest absolute Gasteiger partial charge is 0.472 e. The zero-order valence-electron chi connectivity index (χ0n) is 38.9. The van der Waals surface area contributed by atoms with E-state index >= 15 is 0 Å². The molecule has 0 spiro atoms. The first kappa shape index (κ1) is 58.8. The molecule has 0 heterocycles. The van der Waals surface area contributed by atoms with Crippen molar-refractivity contribution >= 4 is 19.8 Å². The average Bonchev–Trinajstić information content (AvgIpc) is 3.26. The monoisotopic (exact) mass is 915 g/mol. The lowest BCUT2D eigenvalue weighted by Crippen LogP contribution is -2.64. The fourth-order valence-electron chi connectivity index (χ4n) is 7.18. The lowest BCUT2D eigenvalue weighted by atomic mass is 9.85. The van der Waals surface area contributed by atoms with E-state index in [-0.39, 0.29) is 12.8 Å². The van der Waals surface area contributed by atoms with E-state index in [9.17, 15) is 44.6 Å². The number of hydrogen-bond donors (Lipinski definition) is 6. The van der Waals surface area contributed by atoms with Crippen molar-refractivity contribution in [3.63, 3.8) is 0 Å². The molecule has 366 valence electrons. The molecule has 14 heteroatoms. The van der Waals surface area contributed by atoms with Crippen molar-refractivity contribution in [3.05, 3.63) is 48.6 Å². The highest BCUT2D eigenvalue weighted by molar-refractivity contribution is 7.47. The maximum absolute atomic E-state index is 12.8. The van der Waals surface area contributed by atoms with Crippen LogP contribution in [0.3, 0.4) is 0 Å². The van der Waals surface area contributed by atoms with Crippen LogP contribution in [0.25, 0.3) is 0 Å².